The van der Waals surface area contributed by atoms with Gasteiger partial charge in [0.1, 0.15) is 5.78 Å². The second-order valence-corrected chi connectivity index (χ2v) is 7.17. The Labute approximate surface area is 134 Å². The van der Waals surface area contributed by atoms with E-state index in [2.05, 4.69) is 41.6 Å². The molecule has 0 saturated carbocycles. The molecule has 22 heavy (non-hydrogen) atoms. The standard InChI is InChI=1S/C18H31N3O/c1-5-15(4)18(22)13-20-8-6-7-16(10-20)11-21-12-17(9-19-21)14(2)3/h9,12,14-16H,5-8,10-11,13H2,1-4H3. The second-order valence-electron chi connectivity index (χ2n) is 7.17. The highest BCUT2D eigenvalue weighted by Gasteiger charge is 2.23. The molecule has 1 aliphatic rings. The minimum atomic E-state index is 0.195. The van der Waals surface area contributed by atoms with Gasteiger partial charge in [0, 0.05) is 25.2 Å². The lowest BCUT2D eigenvalue weighted by Gasteiger charge is -2.32. The smallest absolute Gasteiger partial charge is 0.149 e. The molecular weight excluding hydrogens is 274 g/mol. The number of piperidine rings is 1. The van der Waals surface area contributed by atoms with Crippen molar-refractivity contribution in [3.8, 4) is 0 Å². The minimum Gasteiger partial charge on any atom is -0.298 e. The average molecular weight is 305 g/mol. The summed E-state index contributed by atoms with van der Waals surface area (Å²) in [5, 5.41) is 4.49. The lowest BCUT2D eigenvalue weighted by molar-refractivity contribution is -0.124. The van der Waals surface area contributed by atoms with Crippen LogP contribution in [0.2, 0.25) is 0 Å². The van der Waals surface area contributed by atoms with Crippen LogP contribution in [0.15, 0.2) is 12.4 Å². The van der Waals surface area contributed by atoms with Crippen molar-refractivity contribution in [3.05, 3.63) is 18.0 Å². The van der Waals surface area contributed by atoms with E-state index in [9.17, 15) is 4.79 Å². The molecule has 2 unspecified atom stereocenters. The summed E-state index contributed by atoms with van der Waals surface area (Å²) in [5.74, 6) is 1.73. The topological polar surface area (TPSA) is 38.1 Å². The third-order valence-electron chi connectivity index (χ3n) is 4.91. The number of Topliss-reactive ketones (excluding diaryl/α,β-unsaturated/α-hetero) is 1. The highest BCUT2D eigenvalue weighted by Crippen LogP contribution is 2.20. The predicted octanol–water partition coefficient (Wildman–Crippen LogP) is 3.33. The highest BCUT2D eigenvalue weighted by molar-refractivity contribution is 5.82. The van der Waals surface area contributed by atoms with Crippen LogP contribution >= 0.6 is 0 Å². The maximum atomic E-state index is 12.1. The Hall–Kier alpha value is -1.16. The van der Waals surface area contributed by atoms with Crippen LogP contribution in [0.3, 0.4) is 0 Å². The van der Waals surface area contributed by atoms with Crippen LogP contribution in [0.4, 0.5) is 0 Å². The summed E-state index contributed by atoms with van der Waals surface area (Å²) in [5.41, 5.74) is 1.31. The molecule has 1 aromatic heterocycles. The van der Waals surface area contributed by atoms with E-state index in [-0.39, 0.29) is 5.92 Å². The zero-order valence-electron chi connectivity index (χ0n) is 14.6. The molecule has 2 rings (SSSR count). The Bertz CT molecular complexity index is 480. The number of carbonyl (C=O) groups is 1. The summed E-state index contributed by atoms with van der Waals surface area (Å²) in [6.45, 7) is 12.2. The van der Waals surface area contributed by atoms with E-state index >= 15 is 0 Å². The molecule has 4 heteroatoms. The average Bonchev–Trinajstić information content (AvgIpc) is 2.95. The molecule has 0 aromatic carbocycles. The van der Waals surface area contributed by atoms with Crippen molar-refractivity contribution in [2.45, 2.75) is 59.4 Å². The number of hydrogen-bond donors (Lipinski definition) is 0. The van der Waals surface area contributed by atoms with E-state index in [1.807, 2.05) is 13.1 Å². The van der Waals surface area contributed by atoms with Crippen molar-refractivity contribution in [3.63, 3.8) is 0 Å². The number of ketones is 1. The zero-order chi connectivity index (χ0) is 16.1. The van der Waals surface area contributed by atoms with Gasteiger partial charge in [-0.15, -0.1) is 0 Å². The largest absolute Gasteiger partial charge is 0.298 e. The Kier molecular flexibility index (Phi) is 6.18. The maximum Gasteiger partial charge on any atom is 0.149 e. The van der Waals surface area contributed by atoms with E-state index in [4.69, 9.17) is 0 Å². The molecule has 0 amide bonds. The first-order chi connectivity index (χ1) is 10.5. The van der Waals surface area contributed by atoms with Gasteiger partial charge < -0.3 is 0 Å². The molecule has 0 bridgehead atoms. The third-order valence-corrected chi connectivity index (χ3v) is 4.91. The van der Waals surface area contributed by atoms with Crippen LogP contribution in [0.25, 0.3) is 0 Å². The molecule has 1 aromatic rings. The first kappa shape index (κ1) is 17.2. The van der Waals surface area contributed by atoms with Gasteiger partial charge in [0.2, 0.25) is 0 Å². The molecule has 2 atom stereocenters. The molecule has 1 saturated heterocycles. The van der Waals surface area contributed by atoms with E-state index in [0.29, 0.717) is 24.2 Å². The van der Waals surface area contributed by atoms with E-state index in [0.717, 1.165) is 26.1 Å². The Morgan fingerprint density at radius 1 is 1.41 bits per heavy atom. The van der Waals surface area contributed by atoms with Crippen molar-refractivity contribution >= 4 is 5.78 Å². The molecule has 124 valence electrons. The van der Waals surface area contributed by atoms with E-state index in [1.165, 1.54) is 18.4 Å². The Balaban J connectivity index is 1.86. The molecule has 0 aliphatic carbocycles. The van der Waals surface area contributed by atoms with Gasteiger partial charge in [-0.25, -0.2) is 0 Å². The van der Waals surface area contributed by atoms with Crippen LogP contribution in [0.5, 0.6) is 0 Å². The molecule has 1 fully saturated rings. The first-order valence-electron chi connectivity index (χ1n) is 8.77. The van der Waals surface area contributed by atoms with Crippen molar-refractivity contribution in [2.75, 3.05) is 19.6 Å². The van der Waals surface area contributed by atoms with Crippen LogP contribution < -0.4 is 0 Å². The lowest BCUT2D eigenvalue weighted by atomic mass is 9.96. The van der Waals surface area contributed by atoms with Gasteiger partial charge in [-0.1, -0.05) is 27.7 Å². The summed E-state index contributed by atoms with van der Waals surface area (Å²) in [7, 11) is 0. The number of rotatable bonds is 7. The summed E-state index contributed by atoms with van der Waals surface area (Å²) in [4.78, 5) is 14.5. The van der Waals surface area contributed by atoms with Gasteiger partial charge in [-0.05, 0) is 43.2 Å². The van der Waals surface area contributed by atoms with Crippen molar-refractivity contribution in [1.82, 2.24) is 14.7 Å². The molecule has 0 N–H and O–H groups in total. The normalized spacial score (nSPS) is 21.2. The molecule has 2 heterocycles. The third kappa shape index (κ3) is 4.67. The van der Waals surface area contributed by atoms with Crippen LogP contribution in [0.1, 0.15) is 58.4 Å². The summed E-state index contributed by atoms with van der Waals surface area (Å²) in [6, 6.07) is 0. The number of aromatic nitrogens is 2. The Morgan fingerprint density at radius 3 is 2.82 bits per heavy atom. The summed E-state index contributed by atoms with van der Waals surface area (Å²) < 4.78 is 2.08. The molecular formula is C18H31N3O. The van der Waals surface area contributed by atoms with Gasteiger partial charge in [0.25, 0.3) is 0 Å². The first-order valence-corrected chi connectivity index (χ1v) is 8.77. The molecule has 0 spiro atoms. The van der Waals surface area contributed by atoms with Gasteiger partial charge in [0.15, 0.2) is 0 Å². The molecule has 4 nitrogen and oxygen atoms in total. The van der Waals surface area contributed by atoms with Crippen LogP contribution in [-0.2, 0) is 11.3 Å². The van der Waals surface area contributed by atoms with Gasteiger partial charge in [0.05, 0.1) is 12.7 Å². The van der Waals surface area contributed by atoms with Crippen LogP contribution in [0, 0.1) is 11.8 Å². The maximum absolute atomic E-state index is 12.1. The zero-order valence-corrected chi connectivity index (χ0v) is 14.6. The summed E-state index contributed by atoms with van der Waals surface area (Å²) in [6.07, 6.45) is 7.54. The fraction of sp³-hybridized carbons (Fsp3) is 0.778. The summed E-state index contributed by atoms with van der Waals surface area (Å²) >= 11 is 0. The minimum absolute atomic E-state index is 0.195. The second kappa shape index (κ2) is 7.91. The molecule has 0 radical (unpaired) electrons. The fourth-order valence-corrected chi connectivity index (χ4v) is 3.09. The quantitative estimate of drug-likeness (QED) is 0.775. The van der Waals surface area contributed by atoms with Crippen LogP contribution in [-0.4, -0.2) is 40.1 Å². The SMILES string of the molecule is CCC(C)C(=O)CN1CCCC(Cn2cc(C(C)C)cn2)C1. The fourth-order valence-electron chi connectivity index (χ4n) is 3.09. The Morgan fingerprint density at radius 2 is 2.18 bits per heavy atom. The number of hydrogen-bond acceptors (Lipinski definition) is 3. The van der Waals surface area contributed by atoms with Crippen molar-refractivity contribution in [2.24, 2.45) is 11.8 Å². The van der Waals surface area contributed by atoms with Crippen molar-refractivity contribution in [1.29, 1.82) is 0 Å². The lowest BCUT2D eigenvalue weighted by Crippen LogP contribution is -2.41. The van der Waals surface area contributed by atoms with Gasteiger partial charge >= 0.3 is 0 Å². The number of nitrogens with zero attached hydrogens (tertiary/aromatic N) is 3. The monoisotopic (exact) mass is 305 g/mol. The number of likely N-dealkylation sites (tertiary alicyclic amines) is 1. The van der Waals surface area contributed by atoms with Crippen molar-refractivity contribution < 1.29 is 4.79 Å². The predicted molar refractivity (Wildman–Crippen MR) is 89.9 cm³/mol. The van der Waals surface area contributed by atoms with Gasteiger partial charge in [-0.3, -0.25) is 14.4 Å². The van der Waals surface area contributed by atoms with Gasteiger partial charge in [-0.2, -0.15) is 5.10 Å². The molecule has 1 aliphatic heterocycles. The van der Waals surface area contributed by atoms with E-state index in [1.54, 1.807) is 0 Å². The highest BCUT2D eigenvalue weighted by atomic mass is 16.1. The number of carbonyl (C=O) groups excluding carboxylic acids is 1. The van der Waals surface area contributed by atoms with E-state index < -0.39 is 0 Å².